The monoisotopic (exact) mass is 479 g/mol. The zero-order chi connectivity index (χ0) is 25.4. The quantitative estimate of drug-likeness (QED) is 0.373. The van der Waals surface area contributed by atoms with Crippen LogP contribution in [0.1, 0.15) is 59.1 Å². The summed E-state index contributed by atoms with van der Waals surface area (Å²) < 4.78 is 20.2. The Morgan fingerprint density at radius 2 is 2.06 bits per heavy atom. The normalized spacial score (nSPS) is 18.4. The third-order valence-corrected chi connectivity index (χ3v) is 6.64. The summed E-state index contributed by atoms with van der Waals surface area (Å²) in [5.41, 5.74) is 3.23. The first-order valence-electron chi connectivity index (χ1n) is 12.5. The van der Waals surface area contributed by atoms with Gasteiger partial charge in [-0.25, -0.2) is 9.37 Å². The van der Waals surface area contributed by atoms with Crippen molar-refractivity contribution in [3.63, 3.8) is 0 Å². The minimum atomic E-state index is -0.944. The third kappa shape index (κ3) is 6.89. The molecule has 2 aromatic rings. The largest absolute Gasteiger partial charge is 0.491 e. The Morgan fingerprint density at radius 1 is 1.26 bits per heavy atom. The van der Waals surface area contributed by atoms with Gasteiger partial charge in [0.2, 0.25) is 0 Å². The number of hydrogen-bond acceptors (Lipinski definition) is 4. The van der Waals surface area contributed by atoms with E-state index in [9.17, 15) is 14.6 Å². The number of allylic oxidation sites excluding steroid dienone is 8. The van der Waals surface area contributed by atoms with Crippen molar-refractivity contribution >= 4 is 16.5 Å². The van der Waals surface area contributed by atoms with Gasteiger partial charge in [-0.3, -0.25) is 0 Å². The van der Waals surface area contributed by atoms with Crippen LogP contribution < -0.4 is 4.74 Å². The van der Waals surface area contributed by atoms with E-state index in [1.807, 2.05) is 19.1 Å². The summed E-state index contributed by atoms with van der Waals surface area (Å²) in [6.07, 6.45) is 16.2. The molecule has 0 spiro atoms. The van der Waals surface area contributed by atoms with Crippen LogP contribution in [0.2, 0.25) is 0 Å². The van der Waals surface area contributed by atoms with Crippen molar-refractivity contribution in [1.82, 2.24) is 4.98 Å². The lowest BCUT2D eigenvalue weighted by atomic mass is 9.87. The first-order valence-corrected chi connectivity index (χ1v) is 12.5. The van der Waals surface area contributed by atoms with Crippen LogP contribution in [0.4, 0.5) is 4.39 Å². The van der Waals surface area contributed by atoms with Crippen LogP contribution >= 0.6 is 0 Å². The van der Waals surface area contributed by atoms with Gasteiger partial charge in [0.15, 0.2) is 0 Å². The fraction of sp³-hybridized carbons (Fsp3) is 0.433. The molecule has 1 heterocycles. The zero-order valence-electron chi connectivity index (χ0n) is 21.3. The van der Waals surface area contributed by atoms with E-state index >= 15 is 0 Å². The third-order valence-electron chi connectivity index (χ3n) is 6.64. The first kappa shape index (κ1) is 26.8. The summed E-state index contributed by atoms with van der Waals surface area (Å²) in [7, 11) is 0. The molecule has 0 amide bonds. The molecule has 5 heteroatoms. The number of hydrogen-bond donors (Lipinski definition) is 2. The molecule has 4 nitrogen and oxygen atoms in total. The fourth-order valence-corrected chi connectivity index (χ4v) is 4.19. The summed E-state index contributed by atoms with van der Waals surface area (Å²) in [6, 6.07) is 6.59. The molecule has 0 aliphatic heterocycles. The molecule has 1 aliphatic rings. The van der Waals surface area contributed by atoms with Gasteiger partial charge >= 0.3 is 0 Å². The van der Waals surface area contributed by atoms with Crippen molar-refractivity contribution in [2.75, 3.05) is 13.2 Å². The van der Waals surface area contributed by atoms with Gasteiger partial charge in [-0.1, -0.05) is 69.7 Å². The number of aromatic nitrogens is 1. The molecule has 0 radical (unpaired) electrons. The van der Waals surface area contributed by atoms with Crippen molar-refractivity contribution in [2.45, 2.75) is 59.5 Å². The Hall–Kier alpha value is -2.76. The van der Waals surface area contributed by atoms with E-state index in [0.717, 1.165) is 37.0 Å². The molecule has 0 saturated heterocycles. The molecule has 2 N–H and O–H groups in total. The topological polar surface area (TPSA) is 62.6 Å². The number of nitrogens with zero attached hydrogens (tertiary/aromatic N) is 1. The van der Waals surface area contributed by atoms with E-state index in [2.05, 4.69) is 43.4 Å². The number of pyridine rings is 1. The summed E-state index contributed by atoms with van der Waals surface area (Å²) in [5.74, 6) is 0.313. The highest BCUT2D eigenvalue weighted by molar-refractivity contribution is 5.86. The van der Waals surface area contributed by atoms with Gasteiger partial charge in [-0.15, -0.1) is 0 Å². The van der Waals surface area contributed by atoms with Gasteiger partial charge in [0.05, 0.1) is 25.0 Å². The van der Waals surface area contributed by atoms with E-state index in [4.69, 9.17) is 9.72 Å². The number of benzene rings is 1. The summed E-state index contributed by atoms with van der Waals surface area (Å²) in [5, 5.41) is 20.0. The molecule has 3 rings (SSSR count). The fourth-order valence-electron chi connectivity index (χ4n) is 4.19. The van der Waals surface area contributed by atoms with Gasteiger partial charge in [-0.2, -0.15) is 0 Å². The Bertz CT molecular complexity index is 1130. The van der Waals surface area contributed by atoms with Crippen LogP contribution in [-0.2, 0) is 0 Å². The second-order valence-electron chi connectivity index (χ2n) is 9.84. The predicted octanol–water partition coefficient (Wildman–Crippen LogP) is 6.78. The van der Waals surface area contributed by atoms with E-state index < -0.39 is 17.3 Å². The predicted molar refractivity (Wildman–Crippen MR) is 142 cm³/mol. The Morgan fingerprint density at radius 3 is 2.77 bits per heavy atom. The minimum Gasteiger partial charge on any atom is -0.491 e. The molecule has 1 aromatic carbocycles. The molecule has 35 heavy (non-hydrogen) atoms. The summed E-state index contributed by atoms with van der Waals surface area (Å²) in [6.45, 7) is 7.55. The van der Waals surface area contributed by atoms with Crippen molar-refractivity contribution in [3.8, 4) is 5.75 Å². The van der Waals surface area contributed by atoms with Gasteiger partial charge in [-0.05, 0) is 49.5 Å². The number of fused-ring (bicyclic) bond motifs is 1. The van der Waals surface area contributed by atoms with Crippen LogP contribution in [0.5, 0.6) is 5.75 Å². The Balaban J connectivity index is 1.83. The van der Waals surface area contributed by atoms with Crippen molar-refractivity contribution < 1.29 is 19.3 Å². The number of rotatable bonds is 11. The highest BCUT2D eigenvalue weighted by Crippen LogP contribution is 2.32. The maximum Gasteiger partial charge on any atom is 0.148 e. The molecule has 0 fully saturated rings. The number of halogens is 1. The standard InChI is InChI=1S/C30H38FNO3/c1-5-7-10-22-11-8-9-12-23(22)14-13-21(6-2)26-16-15-24-17-25(31)18-27(29(24)32-26)35-20-30(3,4)28(34)19-33/h6,8-12,15-18,23,28,33-34H,5,7,13-14,19-20H2,1-4H3. The number of aliphatic hydroxyl groups is 2. The molecule has 2 atom stereocenters. The van der Waals surface area contributed by atoms with Crippen LogP contribution in [0.15, 0.2) is 66.3 Å². The van der Waals surface area contributed by atoms with Crippen LogP contribution in [-0.4, -0.2) is 34.5 Å². The minimum absolute atomic E-state index is 0.115. The lowest BCUT2D eigenvalue weighted by molar-refractivity contribution is -0.0197. The maximum atomic E-state index is 14.3. The van der Waals surface area contributed by atoms with Crippen LogP contribution in [0, 0.1) is 17.2 Å². The van der Waals surface area contributed by atoms with Gasteiger partial charge in [0.25, 0.3) is 0 Å². The molecule has 188 valence electrons. The zero-order valence-corrected chi connectivity index (χ0v) is 21.3. The summed E-state index contributed by atoms with van der Waals surface area (Å²) >= 11 is 0. The number of unbranched alkanes of at least 4 members (excludes halogenated alkanes) is 1. The smallest absolute Gasteiger partial charge is 0.148 e. The average Bonchev–Trinajstić information content (AvgIpc) is 2.86. The Kier molecular flexibility index (Phi) is 9.41. The Labute approximate surface area is 208 Å². The van der Waals surface area contributed by atoms with E-state index in [-0.39, 0.29) is 13.2 Å². The highest BCUT2D eigenvalue weighted by atomic mass is 19.1. The van der Waals surface area contributed by atoms with E-state index in [1.54, 1.807) is 13.8 Å². The summed E-state index contributed by atoms with van der Waals surface area (Å²) in [4.78, 5) is 4.87. The molecule has 1 aromatic heterocycles. The lowest BCUT2D eigenvalue weighted by Gasteiger charge is -2.29. The highest BCUT2D eigenvalue weighted by Gasteiger charge is 2.28. The molecular formula is C30H38FNO3. The molecular weight excluding hydrogens is 441 g/mol. The lowest BCUT2D eigenvalue weighted by Crippen LogP contribution is -2.37. The molecule has 0 saturated carbocycles. The maximum absolute atomic E-state index is 14.3. The van der Waals surface area contributed by atoms with E-state index in [1.165, 1.54) is 17.7 Å². The second-order valence-corrected chi connectivity index (χ2v) is 9.84. The molecule has 0 bridgehead atoms. The van der Waals surface area contributed by atoms with Gasteiger partial charge in [0, 0.05) is 22.8 Å². The SMILES string of the molecule is CC=C(CCC1C=CC=CC1=CCCC)c1ccc2cc(F)cc(OCC(C)(C)C(O)CO)c2n1. The van der Waals surface area contributed by atoms with Crippen LogP contribution in [0.25, 0.3) is 16.5 Å². The average molecular weight is 480 g/mol. The van der Waals surface area contributed by atoms with Crippen molar-refractivity contribution in [2.24, 2.45) is 11.3 Å². The molecule has 2 unspecified atom stereocenters. The van der Waals surface area contributed by atoms with Gasteiger partial charge in [0.1, 0.15) is 17.1 Å². The van der Waals surface area contributed by atoms with Crippen LogP contribution in [0.3, 0.4) is 0 Å². The van der Waals surface area contributed by atoms with Gasteiger partial charge < -0.3 is 14.9 Å². The van der Waals surface area contributed by atoms with Crippen molar-refractivity contribution in [3.05, 3.63) is 77.8 Å². The molecule has 1 aliphatic carbocycles. The van der Waals surface area contributed by atoms with E-state index in [0.29, 0.717) is 22.6 Å². The first-order chi connectivity index (χ1) is 16.8. The number of aliphatic hydroxyl groups excluding tert-OH is 2. The van der Waals surface area contributed by atoms with Crippen molar-refractivity contribution in [1.29, 1.82) is 0 Å². The second kappa shape index (κ2) is 12.3. The number of ether oxygens (including phenoxy) is 1.